The average molecular weight is 178 g/mol. The SMILES string of the molecule is Cc1ccc(C)n1NC1CC(C)C1. The van der Waals surface area contributed by atoms with Crippen LogP contribution in [0, 0.1) is 19.8 Å². The Morgan fingerprint density at radius 3 is 2.23 bits per heavy atom. The maximum absolute atomic E-state index is 3.54. The van der Waals surface area contributed by atoms with Gasteiger partial charge in [-0.25, -0.2) is 0 Å². The molecule has 1 aliphatic carbocycles. The van der Waals surface area contributed by atoms with Crippen molar-refractivity contribution in [3.8, 4) is 0 Å². The van der Waals surface area contributed by atoms with Crippen molar-refractivity contribution in [3.63, 3.8) is 0 Å². The molecule has 1 saturated carbocycles. The zero-order chi connectivity index (χ0) is 9.42. The molecule has 2 rings (SSSR count). The maximum Gasteiger partial charge on any atom is 0.0429 e. The highest BCUT2D eigenvalue weighted by Crippen LogP contribution is 2.27. The largest absolute Gasteiger partial charge is 0.323 e. The molecule has 0 unspecified atom stereocenters. The minimum atomic E-state index is 0.694. The van der Waals surface area contributed by atoms with Crippen LogP contribution in [0.2, 0.25) is 0 Å². The van der Waals surface area contributed by atoms with Crippen LogP contribution in [0.3, 0.4) is 0 Å². The zero-order valence-electron chi connectivity index (χ0n) is 8.67. The third kappa shape index (κ3) is 1.58. The van der Waals surface area contributed by atoms with Gasteiger partial charge >= 0.3 is 0 Å². The van der Waals surface area contributed by atoms with E-state index in [4.69, 9.17) is 0 Å². The molecular weight excluding hydrogens is 160 g/mol. The van der Waals surface area contributed by atoms with Gasteiger partial charge in [0.15, 0.2) is 0 Å². The third-order valence-electron chi connectivity index (χ3n) is 2.96. The molecule has 0 amide bonds. The van der Waals surface area contributed by atoms with E-state index in [0.29, 0.717) is 6.04 Å². The van der Waals surface area contributed by atoms with Crippen LogP contribution in [0.4, 0.5) is 0 Å². The highest BCUT2D eigenvalue weighted by molar-refractivity contribution is 5.16. The highest BCUT2D eigenvalue weighted by atomic mass is 15.4. The second kappa shape index (κ2) is 3.09. The van der Waals surface area contributed by atoms with Crippen molar-refractivity contribution in [3.05, 3.63) is 23.5 Å². The second-order valence-electron chi connectivity index (χ2n) is 4.35. The van der Waals surface area contributed by atoms with Gasteiger partial charge in [-0.3, -0.25) is 4.68 Å². The fraction of sp³-hybridized carbons (Fsp3) is 0.636. The molecule has 0 radical (unpaired) electrons. The summed E-state index contributed by atoms with van der Waals surface area (Å²) in [7, 11) is 0. The summed E-state index contributed by atoms with van der Waals surface area (Å²) in [4.78, 5) is 0. The third-order valence-corrected chi connectivity index (χ3v) is 2.96. The Hall–Kier alpha value is -0.920. The van der Waals surface area contributed by atoms with Gasteiger partial charge in [-0.05, 0) is 44.7 Å². The van der Waals surface area contributed by atoms with Crippen molar-refractivity contribution < 1.29 is 0 Å². The molecule has 0 aromatic carbocycles. The van der Waals surface area contributed by atoms with Crippen molar-refractivity contribution in [2.45, 2.75) is 39.7 Å². The molecule has 0 aliphatic heterocycles. The zero-order valence-corrected chi connectivity index (χ0v) is 8.67. The van der Waals surface area contributed by atoms with Crippen LogP contribution in [0.5, 0.6) is 0 Å². The van der Waals surface area contributed by atoms with Crippen molar-refractivity contribution in [2.75, 3.05) is 5.43 Å². The lowest BCUT2D eigenvalue weighted by atomic mass is 9.82. The predicted molar refractivity (Wildman–Crippen MR) is 55.5 cm³/mol. The summed E-state index contributed by atoms with van der Waals surface area (Å²) < 4.78 is 2.20. The standard InChI is InChI=1S/C11H18N2/c1-8-6-11(7-8)12-13-9(2)4-5-10(13)3/h4-5,8,11-12H,6-7H2,1-3H3. The Labute approximate surface area is 79.9 Å². The molecule has 0 bridgehead atoms. The molecule has 0 saturated heterocycles. The number of nitrogens with zero attached hydrogens (tertiary/aromatic N) is 1. The summed E-state index contributed by atoms with van der Waals surface area (Å²) in [6, 6.07) is 5.01. The molecule has 0 spiro atoms. The summed E-state index contributed by atoms with van der Waals surface area (Å²) in [6.45, 7) is 6.59. The molecule has 1 aromatic heterocycles. The Morgan fingerprint density at radius 1 is 1.23 bits per heavy atom. The maximum atomic E-state index is 3.54. The van der Waals surface area contributed by atoms with Gasteiger partial charge in [0, 0.05) is 17.4 Å². The molecule has 1 N–H and O–H groups in total. The molecule has 0 atom stereocenters. The minimum Gasteiger partial charge on any atom is -0.323 e. The minimum absolute atomic E-state index is 0.694. The Kier molecular flexibility index (Phi) is 2.06. The number of hydrogen-bond donors (Lipinski definition) is 1. The fourth-order valence-corrected chi connectivity index (χ4v) is 2.06. The summed E-state index contributed by atoms with van der Waals surface area (Å²) in [6.07, 6.45) is 2.63. The fourth-order valence-electron chi connectivity index (χ4n) is 2.06. The van der Waals surface area contributed by atoms with Gasteiger partial charge in [-0.2, -0.15) is 0 Å². The molecule has 2 nitrogen and oxygen atoms in total. The Morgan fingerprint density at radius 2 is 1.77 bits per heavy atom. The van der Waals surface area contributed by atoms with Crippen LogP contribution < -0.4 is 5.43 Å². The first-order chi connectivity index (χ1) is 6.16. The number of aryl methyl sites for hydroxylation is 2. The number of nitrogens with one attached hydrogen (secondary N) is 1. The average Bonchev–Trinajstić information content (AvgIpc) is 2.32. The highest BCUT2D eigenvalue weighted by Gasteiger charge is 2.25. The number of rotatable bonds is 2. The summed E-state index contributed by atoms with van der Waals surface area (Å²) in [5.41, 5.74) is 6.15. The second-order valence-corrected chi connectivity index (χ2v) is 4.35. The molecule has 1 aromatic rings. The lowest BCUT2D eigenvalue weighted by molar-refractivity contribution is 0.291. The molecule has 1 aliphatic rings. The van der Waals surface area contributed by atoms with Gasteiger partial charge < -0.3 is 5.43 Å². The van der Waals surface area contributed by atoms with Gasteiger partial charge in [0.25, 0.3) is 0 Å². The molecule has 2 heteroatoms. The molecule has 72 valence electrons. The van der Waals surface area contributed by atoms with E-state index in [1.165, 1.54) is 24.2 Å². The van der Waals surface area contributed by atoms with Gasteiger partial charge in [0.2, 0.25) is 0 Å². The van der Waals surface area contributed by atoms with Crippen LogP contribution in [-0.4, -0.2) is 10.7 Å². The lowest BCUT2D eigenvalue weighted by Gasteiger charge is -2.35. The molecule has 1 fully saturated rings. The van der Waals surface area contributed by atoms with E-state index in [9.17, 15) is 0 Å². The first-order valence-electron chi connectivity index (χ1n) is 5.08. The van der Waals surface area contributed by atoms with Gasteiger partial charge in [-0.15, -0.1) is 0 Å². The van der Waals surface area contributed by atoms with Gasteiger partial charge in [0.05, 0.1) is 0 Å². The van der Waals surface area contributed by atoms with E-state index in [0.717, 1.165) is 5.92 Å². The van der Waals surface area contributed by atoms with Crippen molar-refractivity contribution in [2.24, 2.45) is 5.92 Å². The van der Waals surface area contributed by atoms with Crippen LogP contribution in [0.1, 0.15) is 31.2 Å². The number of hydrogen-bond acceptors (Lipinski definition) is 1. The van der Waals surface area contributed by atoms with Crippen LogP contribution in [0.15, 0.2) is 12.1 Å². The van der Waals surface area contributed by atoms with E-state index in [-0.39, 0.29) is 0 Å². The van der Waals surface area contributed by atoms with Crippen LogP contribution in [0.25, 0.3) is 0 Å². The Balaban J connectivity index is 2.01. The summed E-state index contributed by atoms with van der Waals surface area (Å²) >= 11 is 0. The number of aromatic nitrogens is 1. The first-order valence-corrected chi connectivity index (χ1v) is 5.08. The van der Waals surface area contributed by atoms with E-state index in [1.54, 1.807) is 0 Å². The topological polar surface area (TPSA) is 17.0 Å². The molecule has 1 heterocycles. The monoisotopic (exact) mass is 178 g/mol. The lowest BCUT2D eigenvalue weighted by Crippen LogP contribution is -2.39. The predicted octanol–water partition coefficient (Wildman–Crippen LogP) is 2.45. The van der Waals surface area contributed by atoms with Crippen LogP contribution in [-0.2, 0) is 0 Å². The van der Waals surface area contributed by atoms with E-state index < -0.39 is 0 Å². The summed E-state index contributed by atoms with van der Waals surface area (Å²) in [5.74, 6) is 0.911. The van der Waals surface area contributed by atoms with Gasteiger partial charge in [-0.1, -0.05) is 6.92 Å². The van der Waals surface area contributed by atoms with Crippen molar-refractivity contribution in [1.82, 2.24) is 4.68 Å². The van der Waals surface area contributed by atoms with Gasteiger partial charge in [0.1, 0.15) is 0 Å². The normalized spacial score (nSPS) is 27.0. The van der Waals surface area contributed by atoms with Crippen molar-refractivity contribution in [1.29, 1.82) is 0 Å². The first kappa shape index (κ1) is 8.67. The van der Waals surface area contributed by atoms with Crippen molar-refractivity contribution >= 4 is 0 Å². The summed E-state index contributed by atoms with van der Waals surface area (Å²) in [5, 5.41) is 0. The van der Waals surface area contributed by atoms with E-state index >= 15 is 0 Å². The molecule has 13 heavy (non-hydrogen) atoms. The quantitative estimate of drug-likeness (QED) is 0.736. The molecular formula is C11H18N2. The smallest absolute Gasteiger partial charge is 0.0429 e. The van der Waals surface area contributed by atoms with E-state index in [2.05, 4.69) is 43.0 Å². The van der Waals surface area contributed by atoms with Crippen LogP contribution >= 0.6 is 0 Å². The Bertz CT molecular complexity index is 276. The van der Waals surface area contributed by atoms with E-state index in [1.807, 2.05) is 0 Å².